The van der Waals surface area contributed by atoms with Gasteiger partial charge in [0, 0.05) is 11.0 Å². The highest BCUT2D eigenvalue weighted by Gasteiger charge is 2.26. The lowest BCUT2D eigenvalue weighted by atomic mass is 10.0. The normalized spacial score (nSPS) is 18.9. The molecule has 0 bridgehead atoms. The molecular weight excluding hydrogens is 329 g/mol. The first-order valence-electron chi connectivity index (χ1n) is 6.60. The maximum atomic E-state index is 13.6. The summed E-state index contributed by atoms with van der Waals surface area (Å²) in [6.07, 6.45) is 2.74. The molecule has 4 nitrogen and oxygen atoms in total. The Bertz CT molecular complexity index is 483. The molecule has 0 saturated carbocycles. The number of hydrogen-bond donors (Lipinski definition) is 1. The molecule has 1 aliphatic rings. The molecule has 1 aromatic carbocycles. The maximum Gasteiger partial charge on any atom is 0.260 e. The second-order valence-electron chi connectivity index (χ2n) is 4.78. The molecule has 1 aliphatic heterocycles. The first-order valence-corrected chi connectivity index (χ1v) is 7.39. The molecule has 20 heavy (non-hydrogen) atoms. The number of rotatable bonds is 4. The van der Waals surface area contributed by atoms with Crippen LogP contribution in [0.15, 0.2) is 22.7 Å². The van der Waals surface area contributed by atoms with Crippen LogP contribution in [0.5, 0.6) is 5.75 Å². The van der Waals surface area contributed by atoms with Crippen molar-refractivity contribution in [1.29, 1.82) is 0 Å². The van der Waals surface area contributed by atoms with Crippen LogP contribution in [0.1, 0.15) is 19.3 Å². The molecule has 1 unspecified atom stereocenters. The molecule has 1 saturated heterocycles. The van der Waals surface area contributed by atoms with Gasteiger partial charge < -0.3 is 14.7 Å². The number of benzene rings is 1. The van der Waals surface area contributed by atoms with Crippen molar-refractivity contribution in [1.82, 2.24) is 4.90 Å². The Morgan fingerprint density at radius 2 is 2.30 bits per heavy atom. The zero-order chi connectivity index (χ0) is 14.5. The van der Waals surface area contributed by atoms with E-state index < -0.39 is 5.82 Å². The van der Waals surface area contributed by atoms with Crippen molar-refractivity contribution in [2.45, 2.75) is 25.3 Å². The van der Waals surface area contributed by atoms with E-state index in [9.17, 15) is 14.3 Å². The smallest absolute Gasteiger partial charge is 0.260 e. The minimum absolute atomic E-state index is 0.0433. The SMILES string of the molecule is O=C(COc1ccc(Br)cc1F)N1CCCCC1CO. The van der Waals surface area contributed by atoms with Crippen molar-refractivity contribution in [2.75, 3.05) is 19.8 Å². The average molecular weight is 346 g/mol. The molecule has 1 fully saturated rings. The quantitative estimate of drug-likeness (QED) is 0.911. The van der Waals surface area contributed by atoms with Gasteiger partial charge in [0.1, 0.15) is 0 Å². The molecule has 1 heterocycles. The van der Waals surface area contributed by atoms with Crippen LogP contribution in [-0.4, -0.2) is 41.7 Å². The van der Waals surface area contributed by atoms with Gasteiger partial charge in [0.2, 0.25) is 0 Å². The highest BCUT2D eigenvalue weighted by molar-refractivity contribution is 9.10. The number of aliphatic hydroxyl groups excluding tert-OH is 1. The maximum absolute atomic E-state index is 13.6. The van der Waals surface area contributed by atoms with Gasteiger partial charge in [-0.25, -0.2) is 4.39 Å². The van der Waals surface area contributed by atoms with Crippen LogP contribution in [0.3, 0.4) is 0 Å². The van der Waals surface area contributed by atoms with Crippen LogP contribution in [0.2, 0.25) is 0 Å². The van der Waals surface area contributed by atoms with Crippen LogP contribution in [0, 0.1) is 5.82 Å². The van der Waals surface area contributed by atoms with Gasteiger partial charge in [0.25, 0.3) is 5.91 Å². The predicted molar refractivity (Wildman–Crippen MR) is 76.0 cm³/mol. The highest BCUT2D eigenvalue weighted by atomic mass is 79.9. The summed E-state index contributed by atoms with van der Waals surface area (Å²) in [5.41, 5.74) is 0. The Hall–Kier alpha value is -1.14. The van der Waals surface area contributed by atoms with E-state index in [-0.39, 0.29) is 30.9 Å². The Morgan fingerprint density at radius 1 is 1.50 bits per heavy atom. The van der Waals surface area contributed by atoms with E-state index in [1.807, 2.05) is 0 Å². The third-order valence-electron chi connectivity index (χ3n) is 3.40. The number of likely N-dealkylation sites (tertiary alicyclic amines) is 1. The van der Waals surface area contributed by atoms with E-state index in [0.29, 0.717) is 11.0 Å². The fourth-order valence-corrected chi connectivity index (χ4v) is 2.67. The number of carbonyl (C=O) groups excluding carboxylic acids is 1. The van der Waals surface area contributed by atoms with Crippen molar-refractivity contribution in [2.24, 2.45) is 0 Å². The lowest BCUT2D eigenvalue weighted by Crippen LogP contribution is -2.47. The minimum Gasteiger partial charge on any atom is -0.481 e. The largest absolute Gasteiger partial charge is 0.481 e. The Morgan fingerprint density at radius 3 is 3.00 bits per heavy atom. The number of ether oxygens (including phenoxy) is 1. The van der Waals surface area contributed by atoms with Gasteiger partial charge in [-0.3, -0.25) is 4.79 Å². The first kappa shape index (κ1) is 15.3. The predicted octanol–water partition coefficient (Wildman–Crippen LogP) is 2.34. The molecule has 0 spiro atoms. The summed E-state index contributed by atoms with van der Waals surface area (Å²) in [5, 5.41) is 9.27. The van der Waals surface area contributed by atoms with Gasteiger partial charge in [0.15, 0.2) is 18.2 Å². The van der Waals surface area contributed by atoms with Crippen LogP contribution in [0.25, 0.3) is 0 Å². The van der Waals surface area contributed by atoms with Crippen LogP contribution in [0.4, 0.5) is 4.39 Å². The summed E-state index contributed by atoms with van der Waals surface area (Å²) in [4.78, 5) is 13.7. The molecule has 0 radical (unpaired) electrons. The number of piperidine rings is 1. The first-order chi connectivity index (χ1) is 9.61. The van der Waals surface area contributed by atoms with E-state index >= 15 is 0 Å². The third kappa shape index (κ3) is 3.70. The average Bonchev–Trinajstić information content (AvgIpc) is 2.46. The lowest BCUT2D eigenvalue weighted by molar-refractivity contribution is -0.138. The van der Waals surface area contributed by atoms with Crippen LogP contribution < -0.4 is 4.74 Å². The monoisotopic (exact) mass is 345 g/mol. The lowest BCUT2D eigenvalue weighted by Gasteiger charge is -2.34. The number of hydrogen-bond acceptors (Lipinski definition) is 3. The summed E-state index contributed by atoms with van der Waals surface area (Å²) >= 11 is 3.16. The molecule has 1 aromatic rings. The van der Waals surface area contributed by atoms with Gasteiger partial charge in [0.05, 0.1) is 12.6 Å². The number of halogens is 2. The summed E-state index contributed by atoms with van der Waals surface area (Å²) in [7, 11) is 0. The standard InChI is InChI=1S/C14H17BrFNO3/c15-10-4-5-13(12(16)7-10)20-9-14(19)17-6-2-1-3-11(17)8-18/h4-5,7,11,18H,1-3,6,8-9H2. The van der Waals surface area contributed by atoms with Crippen molar-refractivity contribution >= 4 is 21.8 Å². The van der Waals surface area contributed by atoms with E-state index in [1.165, 1.54) is 12.1 Å². The molecule has 0 aliphatic carbocycles. The van der Waals surface area contributed by atoms with E-state index in [1.54, 1.807) is 11.0 Å². The fourth-order valence-electron chi connectivity index (χ4n) is 2.33. The molecular formula is C14H17BrFNO3. The molecule has 1 atom stereocenters. The van der Waals surface area contributed by atoms with Crippen molar-refractivity contribution < 1.29 is 19.0 Å². The van der Waals surface area contributed by atoms with Crippen LogP contribution in [-0.2, 0) is 4.79 Å². The highest BCUT2D eigenvalue weighted by Crippen LogP contribution is 2.22. The zero-order valence-electron chi connectivity index (χ0n) is 11.0. The minimum atomic E-state index is -0.510. The van der Waals surface area contributed by atoms with E-state index in [2.05, 4.69) is 15.9 Å². The summed E-state index contributed by atoms with van der Waals surface area (Å²) in [5.74, 6) is -0.672. The molecule has 1 N–H and O–H groups in total. The molecule has 6 heteroatoms. The summed E-state index contributed by atoms with van der Waals surface area (Å²) < 4.78 is 19.4. The summed E-state index contributed by atoms with van der Waals surface area (Å²) in [6.45, 7) is 0.365. The Labute approximate surface area is 125 Å². The number of amides is 1. The van der Waals surface area contributed by atoms with E-state index in [0.717, 1.165) is 19.3 Å². The molecule has 1 amide bonds. The Balaban J connectivity index is 1.94. The number of nitrogens with zero attached hydrogens (tertiary/aromatic N) is 1. The Kier molecular flexibility index (Phi) is 5.37. The van der Waals surface area contributed by atoms with Gasteiger partial charge in [-0.2, -0.15) is 0 Å². The fraction of sp³-hybridized carbons (Fsp3) is 0.500. The van der Waals surface area contributed by atoms with Crippen molar-refractivity contribution in [3.05, 3.63) is 28.5 Å². The second-order valence-corrected chi connectivity index (χ2v) is 5.70. The topological polar surface area (TPSA) is 49.8 Å². The zero-order valence-corrected chi connectivity index (χ0v) is 12.6. The van der Waals surface area contributed by atoms with Crippen molar-refractivity contribution in [3.8, 4) is 5.75 Å². The second kappa shape index (κ2) is 7.04. The van der Waals surface area contributed by atoms with Gasteiger partial charge in [-0.05, 0) is 37.5 Å². The van der Waals surface area contributed by atoms with E-state index in [4.69, 9.17) is 4.74 Å². The van der Waals surface area contributed by atoms with Gasteiger partial charge in [-0.1, -0.05) is 15.9 Å². The van der Waals surface area contributed by atoms with Gasteiger partial charge in [-0.15, -0.1) is 0 Å². The summed E-state index contributed by atoms with van der Waals surface area (Å²) in [6, 6.07) is 4.28. The molecule has 2 rings (SSSR count). The van der Waals surface area contributed by atoms with Crippen molar-refractivity contribution in [3.63, 3.8) is 0 Å². The molecule has 110 valence electrons. The third-order valence-corrected chi connectivity index (χ3v) is 3.90. The number of aliphatic hydroxyl groups is 1. The van der Waals surface area contributed by atoms with Gasteiger partial charge >= 0.3 is 0 Å². The molecule has 0 aromatic heterocycles. The van der Waals surface area contributed by atoms with Crippen LogP contribution >= 0.6 is 15.9 Å². The number of carbonyl (C=O) groups is 1.